The molecule has 3 aromatic rings. The summed E-state index contributed by atoms with van der Waals surface area (Å²) < 4.78 is 25.8. The van der Waals surface area contributed by atoms with E-state index in [1.165, 1.54) is 12.1 Å². The summed E-state index contributed by atoms with van der Waals surface area (Å²) in [6.07, 6.45) is 0.872. The van der Waals surface area contributed by atoms with Gasteiger partial charge in [-0.3, -0.25) is 0 Å². The monoisotopic (exact) mass is 372 g/mol. The van der Waals surface area contributed by atoms with Crippen LogP contribution in [-0.4, -0.2) is 25.4 Å². The van der Waals surface area contributed by atoms with E-state index in [2.05, 4.69) is 9.95 Å². The van der Waals surface area contributed by atoms with Gasteiger partial charge in [0.2, 0.25) is 0 Å². The molecule has 0 fully saturated rings. The molecule has 0 N–H and O–H groups in total. The standard InChI is InChI=1S/C20H21FN2O2S/c1-24-13-3-12-23-19(15-4-6-16(21)7-5-15)14-26-20(23)22-17-8-10-18(25-2)11-9-17/h4-11,14H,3,12-13H2,1-2H3. The Bertz CT molecular complexity index is 899. The van der Waals surface area contributed by atoms with Crippen LogP contribution < -0.4 is 9.54 Å². The Hall–Kier alpha value is -2.44. The van der Waals surface area contributed by atoms with Crippen molar-refractivity contribution in [3.8, 4) is 17.0 Å². The summed E-state index contributed by atoms with van der Waals surface area (Å²) in [6.45, 7) is 1.45. The molecule has 0 amide bonds. The second-order valence-corrected chi connectivity index (χ2v) is 6.55. The number of methoxy groups -OCH3 is 2. The lowest BCUT2D eigenvalue weighted by molar-refractivity contribution is 0.190. The van der Waals surface area contributed by atoms with Gasteiger partial charge in [-0.05, 0) is 60.5 Å². The van der Waals surface area contributed by atoms with E-state index < -0.39 is 0 Å². The van der Waals surface area contributed by atoms with E-state index in [9.17, 15) is 4.39 Å². The zero-order valence-electron chi connectivity index (χ0n) is 14.8. The number of nitrogens with zero attached hydrogens (tertiary/aromatic N) is 2. The van der Waals surface area contributed by atoms with E-state index in [4.69, 9.17) is 14.5 Å². The van der Waals surface area contributed by atoms with E-state index in [0.29, 0.717) is 6.61 Å². The Labute approximate surface area is 156 Å². The zero-order valence-corrected chi connectivity index (χ0v) is 15.6. The lowest BCUT2D eigenvalue weighted by atomic mass is 10.1. The van der Waals surface area contributed by atoms with E-state index in [0.717, 1.165) is 40.5 Å². The molecule has 0 bridgehead atoms. The van der Waals surface area contributed by atoms with Crippen molar-refractivity contribution in [2.24, 2.45) is 4.99 Å². The molecule has 0 atom stereocenters. The maximum absolute atomic E-state index is 13.3. The number of hydrogen-bond acceptors (Lipinski definition) is 4. The number of halogens is 1. The minimum absolute atomic E-state index is 0.238. The van der Waals surface area contributed by atoms with Crippen molar-refractivity contribution in [1.29, 1.82) is 0 Å². The van der Waals surface area contributed by atoms with Crippen molar-refractivity contribution in [2.45, 2.75) is 13.0 Å². The largest absolute Gasteiger partial charge is 0.497 e. The van der Waals surface area contributed by atoms with Gasteiger partial charge < -0.3 is 14.0 Å². The van der Waals surface area contributed by atoms with Crippen LogP contribution in [0.2, 0.25) is 0 Å². The summed E-state index contributed by atoms with van der Waals surface area (Å²) in [4.78, 5) is 5.66. The number of hydrogen-bond donors (Lipinski definition) is 0. The summed E-state index contributed by atoms with van der Waals surface area (Å²) in [5.41, 5.74) is 2.86. The van der Waals surface area contributed by atoms with Crippen LogP contribution in [0.25, 0.3) is 11.3 Å². The first kappa shape index (κ1) is 18.4. The lowest BCUT2D eigenvalue weighted by Crippen LogP contribution is -2.17. The fourth-order valence-electron chi connectivity index (χ4n) is 2.62. The summed E-state index contributed by atoms with van der Waals surface area (Å²) in [6, 6.07) is 14.2. The second kappa shape index (κ2) is 8.78. The molecule has 0 saturated carbocycles. The maximum Gasteiger partial charge on any atom is 0.190 e. The smallest absolute Gasteiger partial charge is 0.190 e. The van der Waals surface area contributed by atoms with Crippen LogP contribution in [0.5, 0.6) is 5.75 Å². The molecule has 1 aromatic heterocycles. The predicted molar refractivity (Wildman–Crippen MR) is 102 cm³/mol. The van der Waals surface area contributed by atoms with E-state index in [1.54, 1.807) is 37.7 Å². The van der Waals surface area contributed by atoms with Crippen LogP contribution in [0.4, 0.5) is 10.1 Å². The molecule has 0 aliphatic rings. The van der Waals surface area contributed by atoms with Crippen molar-refractivity contribution < 1.29 is 13.9 Å². The first-order valence-electron chi connectivity index (χ1n) is 8.33. The number of ether oxygens (including phenoxy) is 2. The van der Waals surface area contributed by atoms with Gasteiger partial charge in [-0.1, -0.05) is 0 Å². The summed E-state index contributed by atoms with van der Waals surface area (Å²) in [5.74, 6) is 0.563. The van der Waals surface area contributed by atoms with Gasteiger partial charge >= 0.3 is 0 Å². The number of benzene rings is 2. The average molecular weight is 372 g/mol. The Morgan fingerprint density at radius 2 is 1.77 bits per heavy atom. The molecule has 0 spiro atoms. The van der Waals surface area contributed by atoms with E-state index in [-0.39, 0.29) is 5.82 Å². The van der Waals surface area contributed by atoms with Crippen molar-refractivity contribution in [3.05, 3.63) is 64.5 Å². The van der Waals surface area contributed by atoms with Crippen LogP contribution >= 0.6 is 11.3 Å². The molecule has 3 rings (SSSR count). The highest BCUT2D eigenvalue weighted by Gasteiger charge is 2.08. The van der Waals surface area contributed by atoms with Gasteiger partial charge in [-0.15, -0.1) is 11.3 Å². The van der Waals surface area contributed by atoms with Crippen molar-refractivity contribution in [3.63, 3.8) is 0 Å². The van der Waals surface area contributed by atoms with Gasteiger partial charge in [0.15, 0.2) is 4.80 Å². The van der Waals surface area contributed by atoms with Gasteiger partial charge in [-0.2, -0.15) is 0 Å². The number of aromatic nitrogens is 1. The van der Waals surface area contributed by atoms with Gasteiger partial charge in [0.25, 0.3) is 0 Å². The molecule has 2 aromatic carbocycles. The molecule has 0 aliphatic heterocycles. The maximum atomic E-state index is 13.3. The molecule has 6 heteroatoms. The van der Waals surface area contributed by atoms with Crippen LogP contribution in [0.3, 0.4) is 0 Å². The topological polar surface area (TPSA) is 35.8 Å². The fraction of sp³-hybridized carbons (Fsp3) is 0.250. The summed E-state index contributed by atoms with van der Waals surface area (Å²) >= 11 is 1.57. The van der Waals surface area contributed by atoms with Crippen molar-refractivity contribution in [2.75, 3.05) is 20.8 Å². The Morgan fingerprint density at radius 1 is 1.04 bits per heavy atom. The third-order valence-electron chi connectivity index (χ3n) is 3.97. The molecule has 4 nitrogen and oxygen atoms in total. The fourth-order valence-corrected chi connectivity index (χ4v) is 3.58. The highest BCUT2D eigenvalue weighted by atomic mass is 32.1. The van der Waals surface area contributed by atoms with Gasteiger partial charge in [0.1, 0.15) is 11.6 Å². The Balaban J connectivity index is 2.00. The van der Waals surface area contributed by atoms with Crippen molar-refractivity contribution >= 4 is 17.0 Å². The molecule has 1 heterocycles. The minimum Gasteiger partial charge on any atom is -0.497 e. The molecular weight excluding hydrogens is 351 g/mol. The van der Waals surface area contributed by atoms with E-state index >= 15 is 0 Å². The van der Waals surface area contributed by atoms with Crippen LogP contribution in [0.1, 0.15) is 6.42 Å². The first-order valence-corrected chi connectivity index (χ1v) is 9.21. The van der Waals surface area contributed by atoms with Crippen LogP contribution in [0.15, 0.2) is 58.9 Å². The third-order valence-corrected chi connectivity index (χ3v) is 4.83. The molecule has 0 radical (unpaired) electrons. The average Bonchev–Trinajstić information content (AvgIpc) is 3.06. The van der Waals surface area contributed by atoms with Gasteiger partial charge in [-0.25, -0.2) is 9.38 Å². The lowest BCUT2D eigenvalue weighted by Gasteiger charge is -2.09. The number of thiazole rings is 1. The SMILES string of the molecule is COCCCn1c(-c2ccc(F)cc2)csc1=Nc1ccc(OC)cc1. The Kier molecular flexibility index (Phi) is 6.20. The van der Waals surface area contributed by atoms with Crippen molar-refractivity contribution in [1.82, 2.24) is 4.57 Å². The highest BCUT2D eigenvalue weighted by molar-refractivity contribution is 7.07. The minimum atomic E-state index is -0.238. The second-order valence-electron chi connectivity index (χ2n) is 5.72. The van der Waals surface area contributed by atoms with Gasteiger partial charge in [0, 0.05) is 25.6 Å². The highest BCUT2D eigenvalue weighted by Crippen LogP contribution is 2.22. The van der Waals surface area contributed by atoms with Crippen LogP contribution in [0, 0.1) is 5.82 Å². The van der Waals surface area contributed by atoms with Gasteiger partial charge in [0.05, 0.1) is 18.5 Å². The molecule has 0 aliphatic carbocycles. The Morgan fingerprint density at radius 3 is 2.42 bits per heavy atom. The normalized spacial score (nSPS) is 11.7. The predicted octanol–water partition coefficient (Wildman–Crippen LogP) is 4.63. The molecule has 0 unspecified atom stereocenters. The number of rotatable bonds is 7. The molecular formula is C20H21FN2O2S. The first-order chi connectivity index (χ1) is 12.7. The summed E-state index contributed by atoms with van der Waals surface area (Å²) in [5, 5.41) is 2.06. The van der Waals surface area contributed by atoms with Crippen LogP contribution in [-0.2, 0) is 11.3 Å². The van der Waals surface area contributed by atoms with E-state index in [1.807, 2.05) is 24.3 Å². The molecule has 136 valence electrons. The third kappa shape index (κ3) is 4.39. The quantitative estimate of drug-likeness (QED) is 0.567. The molecule has 0 saturated heterocycles. The molecule has 26 heavy (non-hydrogen) atoms. The zero-order chi connectivity index (χ0) is 18.4. The summed E-state index contributed by atoms with van der Waals surface area (Å²) in [7, 11) is 3.34.